The first kappa shape index (κ1) is 29.6. The fraction of sp³-hybridized carbons (Fsp3) is 0.333. The van der Waals surface area contributed by atoms with Crippen LogP contribution in [0.4, 0.5) is 10.1 Å². The molecule has 0 unspecified atom stereocenters. The lowest BCUT2D eigenvalue weighted by atomic mass is 10.1. The summed E-state index contributed by atoms with van der Waals surface area (Å²) in [7, 11) is -4.21. The smallest absolute Gasteiger partial charge is 0.264 e. The van der Waals surface area contributed by atoms with Gasteiger partial charge in [0.05, 0.1) is 10.6 Å². The minimum absolute atomic E-state index is 0.0226. The number of halogens is 2. The van der Waals surface area contributed by atoms with Gasteiger partial charge in [0.2, 0.25) is 11.8 Å². The van der Waals surface area contributed by atoms with Crippen molar-refractivity contribution in [2.45, 2.75) is 63.1 Å². The molecule has 0 heterocycles. The zero-order valence-electron chi connectivity index (χ0n) is 22.5. The second-order valence-electron chi connectivity index (χ2n) is 10.1. The number of nitrogens with zero attached hydrogens (tertiary/aromatic N) is 2. The molecule has 10 heteroatoms. The number of anilines is 1. The van der Waals surface area contributed by atoms with E-state index in [1.165, 1.54) is 35.2 Å². The number of hydrogen-bond acceptors (Lipinski definition) is 4. The van der Waals surface area contributed by atoms with Crippen molar-refractivity contribution in [3.05, 3.63) is 94.8 Å². The van der Waals surface area contributed by atoms with Crippen molar-refractivity contribution in [1.29, 1.82) is 0 Å². The Bertz CT molecular complexity index is 1460. The maximum Gasteiger partial charge on any atom is 0.264 e. The third-order valence-corrected chi connectivity index (χ3v) is 9.18. The maximum atomic E-state index is 14.7. The Kier molecular flexibility index (Phi) is 9.48. The Morgan fingerprint density at radius 2 is 1.70 bits per heavy atom. The Morgan fingerprint density at radius 3 is 2.35 bits per heavy atom. The molecule has 1 atom stereocenters. The van der Waals surface area contributed by atoms with E-state index >= 15 is 0 Å². The summed E-state index contributed by atoms with van der Waals surface area (Å²) in [4.78, 5) is 28.4. The average molecular weight is 586 g/mol. The van der Waals surface area contributed by atoms with E-state index in [9.17, 15) is 22.4 Å². The third-order valence-electron chi connectivity index (χ3n) is 7.14. The molecule has 2 amide bonds. The summed E-state index contributed by atoms with van der Waals surface area (Å²) in [6.45, 7) is 2.60. The zero-order valence-corrected chi connectivity index (χ0v) is 24.1. The van der Waals surface area contributed by atoms with Gasteiger partial charge in [-0.25, -0.2) is 12.8 Å². The lowest BCUT2D eigenvalue weighted by Crippen LogP contribution is -2.52. The summed E-state index contributed by atoms with van der Waals surface area (Å²) in [5, 5.41) is 3.37. The van der Waals surface area contributed by atoms with E-state index in [4.69, 9.17) is 11.6 Å². The van der Waals surface area contributed by atoms with Crippen LogP contribution in [0, 0.1) is 12.7 Å². The predicted molar refractivity (Wildman–Crippen MR) is 154 cm³/mol. The molecule has 0 aliphatic heterocycles. The van der Waals surface area contributed by atoms with E-state index in [0.29, 0.717) is 5.02 Å². The first-order chi connectivity index (χ1) is 19.1. The summed E-state index contributed by atoms with van der Waals surface area (Å²) in [5.74, 6) is -1.52. The highest BCUT2D eigenvalue weighted by atomic mass is 35.5. The van der Waals surface area contributed by atoms with E-state index < -0.39 is 34.3 Å². The molecule has 1 aliphatic rings. The Balaban J connectivity index is 1.69. The van der Waals surface area contributed by atoms with Gasteiger partial charge < -0.3 is 10.2 Å². The van der Waals surface area contributed by atoms with Gasteiger partial charge in [0.15, 0.2) is 0 Å². The van der Waals surface area contributed by atoms with Crippen molar-refractivity contribution >= 4 is 39.1 Å². The molecule has 7 nitrogen and oxygen atoms in total. The van der Waals surface area contributed by atoms with Crippen LogP contribution in [0.3, 0.4) is 0 Å². The fourth-order valence-electron chi connectivity index (χ4n) is 4.83. The van der Waals surface area contributed by atoms with Crippen LogP contribution in [-0.4, -0.2) is 43.8 Å². The maximum absolute atomic E-state index is 14.7. The molecule has 1 N–H and O–H groups in total. The molecule has 212 valence electrons. The minimum Gasteiger partial charge on any atom is -0.352 e. The van der Waals surface area contributed by atoms with E-state index in [1.807, 2.05) is 13.0 Å². The Morgan fingerprint density at radius 1 is 1.02 bits per heavy atom. The molecule has 0 aromatic heterocycles. The van der Waals surface area contributed by atoms with Crippen molar-refractivity contribution in [3.63, 3.8) is 0 Å². The SMILES string of the molecule is Cc1cccc(N(CC(=O)N(Cc2ccccc2F)[C@@H](C)C(=O)NC2CCCC2)S(=O)(=O)c2ccc(Cl)cc2)c1. The van der Waals surface area contributed by atoms with E-state index in [0.717, 1.165) is 35.6 Å². The molecule has 3 aromatic carbocycles. The van der Waals surface area contributed by atoms with Crippen LogP contribution < -0.4 is 9.62 Å². The lowest BCUT2D eigenvalue weighted by molar-refractivity contribution is -0.139. The molecule has 40 heavy (non-hydrogen) atoms. The average Bonchev–Trinajstić information content (AvgIpc) is 3.44. The summed E-state index contributed by atoms with van der Waals surface area (Å²) < 4.78 is 43.3. The minimum atomic E-state index is -4.21. The second-order valence-corrected chi connectivity index (χ2v) is 12.4. The molecule has 4 rings (SSSR count). The van der Waals surface area contributed by atoms with Crippen LogP contribution in [-0.2, 0) is 26.2 Å². The molecule has 1 aliphatic carbocycles. The van der Waals surface area contributed by atoms with Crippen molar-refractivity contribution in [3.8, 4) is 0 Å². The zero-order chi connectivity index (χ0) is 28.9. The number of rotatable bonds is 10. The fourth-order valence-corrected chi connectivity index (χ4v) is 6.36. The first-order valence-corrected chi connectivity index (χ1v) is 15.1. The number of amides is 2. The van der Waals surface area contributed by atoms with Crippen LogP contribution >= 0.6 is 11.6 Å². The summed E-state index contributed by atoms with van der Waals surface area (Å²) >= 11 is 5.98. The van der Waals surface area contributed by atoms with E-state index in [-0.39, 0.29) is 34.6 Å². The molecule has 0 bridgehead atoms. The Hall–Kier alpha value is -3.43. The predicted octanol–water partition coefficient (Wildman–Crippen LogP) is 5.46. The first-order valence-electron chi connectivity index (χ1n) is 13.2. The number of sulfonamides is 1. The number of aryl methyl sites for hydroxylation is 1. The van der Waals surface area contributed by atoms with E-state index in [2.05, 4.69) is 5.32 Å². The van der Waals surface area contributed by atoms with Crippen LogP contribution in [0.15, 0.2) is 77.7 Å². The quantitative estimate of drug-likeness (QED) is 0.342. The summed E-state index contributed by atoms with van der Waals surface area (Å²) in [6, 6.07) is 17.5. The standard InChI is InChI=1S/C30H33ClFN3O4S/c1-21-8-7-12-26(18-21)35(40(38,39)27-16-14-24(31)15-17-27)20-29(36)34(19-23-9-3-6-13-28(23)32)22(2)30(37)33-25-10-4-5-11-25/h3,6-9,12-18,22,25H,4-5,10-11,19-20H2,1-2H3,(H,33,37)/t22-/m0/s1. The van der Waals surface area contributed by atoms with Gasteiger partial charge in [0.1, 0.15) is 18.4 Å². The molecule has 0 spiro atoms. The van der Waals surface area contributed by atoms with Gasteiger partial charge in [-0.3, -0.25) is 13.9 Å². The number of benzene rings is 3. The lowest BCUT2D eigenvalue weighted by Gasteiger charge is -2.32. The Labute approximate surface area is 240 Å². The van der Waals surface area contributed by atoms with Gasteiger partial charge in [-0.15, -0.1) is 0 Å². The molecule has 0 radical (unpaired) electrons. The van der Waals surface area contributed by atoms with Gasteiger partial charge in [0, 0.05) is 23.2 Å². The number of nitrogens with one attached hydrogen (secondary N) is 1. The van der Waals surface area contributed by atoms with E-state index in [1.54, 1.807) is 43.3 Å². The number of carbonyl (C=O) groups is 2. The molecular weight excluding hydrogens is 553 g/mol. The highest BCUT2D eigenvalue weighted by molar-refractivity contribution is 7.92. The van der Waals surface area contributed by atoms with Crippen molar-refractivity contribution < 1.29 is 22.4 Å². The van der Waals surface area contributed by atoms with Gasteiger partial charge in [-0.1, -0.05) is 54.8 Å². The van der Waals surface area contributed by atoms with Gasteiger partial charge in [-0.2, -0.15) is 0 Å². The normalized spacial score (nSPS) is 14.5. The molecule has 0 saturated heterocycles. The van der Waals surface area contributed by atoms with Crippen LogP contribution in [0.5, 0.6) is 0 Å². The number of carbonyl (C=O) groups excluding carboxylic acids is 2. The highest BCUT2D eigenvalue weighted by Crippen LogP contribution is 2.26. The molecule has 1 fully saturated rings. The second kappa shape index (κ2) is 12.8. The van der Waals surface area contributed by atoms with Crippen LogP contribution in [0.2, 0.25) is 5.02 Å². The summed E-state index contributed by atoms with van der Waals surface area (Å²) in [6.07, 6.45) is 3.76. The molecule has 3 aromatic rings. The largest absolute Gasteiger partial charge is 0.352 e. The highest BCUT2D eigenvalue weighted by Gasteiger charge is 2.33. The monoisotopic (exact) mass is 585 g/mol. The molecule has 1 saturated carbocycles. The third kappa shape index (κ3) is 7.01. The van der Waals surface area contributed by atoms with Crippen molar-refractivity contribution in [2.75, 3.05) is 10.8 Å². The van der Waals surface area contributed by atoms with Crippen molar-refractivity contribution in [2.24, 2.45) is 0 Å². The summed E-state index contributed by atoms with van der Waals surface area (Å²) in [5.41, 5.74) is 1.31. The van der Waals surface area contributed by atoms with Crippen LogP contribution in [0.25, 0.3) is 0 Å². The van der Waals surface area contributed by atoms with Gasteiger partial charge in [-0.05, 0) is 74.7 Å². The topological polar surface area (TPSA) is 86.8 Å². The van der Waals surface area contributed by atoms with Crippen molar-refractivity contribution in [1.82, 2.24) is 10.2 Å². The number of hydrogen-bond donors (Lipinski definition) is 1. The van der Waals surface area contributed by atoms with Gasteiger partial charge >= 0.3 is 0 Å². The van der Waals surface area contributed by atoms with Gasteiger partial charge in [0.25, 0.3) is 10.0 Å². The molecular formula is C30H33ClFN3O4S. The van der Waals surface area contributed by atoms with Crippen LogP contribution in [0.1, 0.15) is 43.7 Å².